The van der Waals surface area contributed by atoms with E-state index in [1.165, 1.54) is 0 Å². The molecule has 0 fully saturated rings. The van der Waals surface area contributed by atoms with Gasteiger partial charge in [0.15, 0.2) is 0 Å². The number of rotatable bonds is 14. The van der Waals surface area contributed by atoms with Crippen LogP contribution in [0.1, 0.15) is 30.9 Å². The average molecular weight is 425 g/mol. The second-order valence-corrected chi connectivity index (χ2v) is 7.28. The van der Waals surface area contributed by atoms with E-state index in [4.69, 9.17) is 18.9 Å². The van der Waals surface area contributed by atoms with Crippen LogP contribution in [0.4, 0.5) is 0 Å². The molecule has 1 unspecified atom stereocenters. The summed E-state index contributed by atoms with van der Waals surface area (Å²) in [5.41, 5.74) is 2.93. The Bertz CT molecular complexity index is 811. The average Bonchev–Trinajstić information content (AvgIpc) is 2.76. The number of esters is 1. The summed E-state index contributed by atoms with van der Waals surface area (Å²) in [6.07, 6.45) is 4.28. The van der Waals surface area contributed by atoms with Crippen LogP contribution in [0.25, 0.3) is 0 Å². The Balaban J connectivity index is 1.78. The van der Waals surface area contributed by atoms with E-state index < -0.39 is 6.10 Å². The fraction of sp³-hybridized carbons (Fsp3) is 0.346. The molecular weight excluding hydrogens is 392 g/mol. The summed E-state index contributed by atoms with van der Waals surface area (Å²) in [7, 11) is 1.63. The van der Waals surface area contributed by atoms with Gasteiger partial charge in [0.2, 0.25) is 0 Å². The fourth-order valence-corrected chi connectivity index (χ4v) is 2.76. The molecule has 0 saturated carbocycles. The maximum Gasteiger partial charge on any atom is 0.310 e. The molecule has 166 valence electrons. The van der Waals surface area contributed by atoms with Gasteiger partial charge in [0.05, 0.1) is 40.0 Å². The first kappa shape index (κ1) is 24.4. The third-order valence-corrected chi connectivity index (χ3v) is 4.33. The predicted octanol–water partition coefficient (Wildman–Crippen LogP) is 5.25. The van der Waals surface area contributed by atoms with Crippen LogP contribution in [-0.4, -0.2) is 32.4 Å². The number of carbonyl (C=O) groups excluding carboxylic acids is 1. The monoisotopic (exact) mass is 424 g/mol. The van der Waals surface area contributed by atoms with Crippen molar-refractivity contribution >= 4 is 5.97 Å². The lowest BCUT2D eigenvalue weighted by Crippen LogP contribution is -2.21. The summed E-state index contributed by atoms with van der Waals surface area (Å²) < 4.78 is 22.2. The molecule has 5 heteroatoms. The Hall–Kier alpha value is -2.89. The van der Waals surface area contributed by atoms with Gasteiger partial charge < -0.3 is 18.9 Å². The van der Waals surface area contributed by atoms with Crippen molar-refractivity contribution in [3.63, 3.8) is 0 Å². The summed E-state index contributed by atoms with van der Waals surface area (Å²) in [5, 5.41) is 0. The molecule has 0 aliphatic rings. The Morgan fingerprint density at radius 3 is 2.35 bits per heavy atom. The summed E-state index contributed by atoms with van der Waals surface area (Å²) in [4.78, 5) is 12.0. The number of benzene rings is 2. The molecule has 0 bridgehead atoms. The third-order valence-electron chi connectivity index (χ3n) is 4.33. The van der Waals surface area contributed by atoms with E-state index in [1.807, 2.05) is 66.7 Å². The maximum atomic E-state index is 12.0. The van der Waals surface area contributed by atoms with Gasteiger partial charge in [0.25, 0.3) is 0 Å². The van der Waals surface area contributed by atoms with Gasteiger partial charge in [-0.2, -0.15) is 0 Å². The van der Waals surface area contributed by atoms with Crippen LogP contribution in [0, 0.1) is 0 Å². The van der Waals surface area contributed by atoms with Crippen molar-refractivity contribution in [2.24, 2.45) is 0 Å². The Morgan fingerprint density at radius 1 is 1.00 bits per heavy atom. The molecule has 0 saturated heterocycles. The Kier molecular flexibility index (Phi) is 11.1. The Morgan fingerprint density at radius 2 is 1.68 bits per heavy atom. The van der Waals surface area contributed by atoms with Crippen molar-refractivity contribution in [2.75, 3.05) is 20.3 Å². The minimum absolute atomic E-state index is 0.197. The van der Waals surface area contributed by atoms with Crippen LogP contribution < -0.4 is 4.74 Å². The first-order valence-electron chi connectivity index (χ1n) is 10.4. The molecule has 0 aliphatic carbocycles. The van der Waals surface area contributed by atoms with Crippen molar-refractivity contribution in [1.29, 1.82) is 0 Å². The third kappa shape index (κ3) is 10.6. The van der Waals surface area contributed by atoms with E-state index in [1.54, 1.807) is 14.0 Å². The van der Waals surface area contributed by atoms with Gasteiger partial charge >= 0.3 is 5.97 Å². The fourth-order valence-electron chi connectivity index (χ4n) is 2.76. The lowest BCUT2D eigenvalue weighted by atomic mass is 10.2. The van der Waals surface area contributed by atoms with Crippen LogP contribution in [0.2, 0.25) is 0 Å². The molecule has 0 aliphatic heterocycles. The highest BCUT2D eigenvalue weighted by atomic mass is 16.6. The zero-order valence-electron chi connectivity index (χ0n) is 18.4. The highest BCUT2D eigenvalue weighted by Crippen LogP contribution is 2.12. The maximum absolute atomic E-state index is 12.0. The number of hydrogen-bond donors (Lipinski definition) is 0. The van der Waals surface area contributed by atoms with E-state index in [0.29, 0.717) is 19.8 Å². The van der Waals surface area contributed by atoms with Crippen molar-refractivity contribution in [3.8, 4) is 5.75 Å². The SMILES string of the molecule is C=C(C)CC(=O)OC(/C=C/CCOCc1ccccc1)COCc1ccc(OC)cc1. The van der Waals surface area contributed by atoms with Gasteiger partial charge in [0, 0.05) is 0 Å². The molecule has 1 atom stereocenters. The molecular formula is C26H32O5. The summed E-state index contributed by atoms with van der Waals surface area (Å²) in [6.45, 7) is 7.43. The van der Waals surface area contributed by atoms with Crippen molar-refractivity contribution < 1.29 is 23.7 Å². The van der Waals surface area contributed by atoms with E-state index in [-0.39, 0.29) is 19.0 Å². The molecule has 2 aromatic carbocycles. The van der Waals surface area contributed by atoms with E-state index >= 15 is 0 Å². The normalized spacial score (nSPS) is 11.9. The molecule has 31 heavy (non-hydrogen) atoms. The van der Waals surface area contributed by atoms with Crippen LogP contribution in [0.5, 0.6) is 5.75 Å². The van der Waals surface area contributed by atoms with Crippen molar-refractivity contribution in [1.82, 2.24) is 0 Å². The van der Waals surface area contributed by atoms with Crippen LogP contribution >= 0.6 is 0 Å². The van der Waals surface area contributed by atoms with E-state index in [9.17, 15) is 4.79 Å². The van der Waals surface area contributed by atoms with Gasteiger partial charge in [-0.15, -0.1) is 0 Å². The topological polar surface area (TPSA) is 54.0 Å². The molecule has 0 radical (unpaired) electrons. The largest absolute Gasteiger partial charge is 0.497 e. The van der Waals surface area contributed by atoms with Crippen LogP contribution in [0.3, 0.4) is 0 Å². The summed E-state index contributed by atoms with van der Waals surface area (Å²) in [6, 6.07) is 17.7. The zero-order valence-corrected chi connectivity index (χ0v) is 18.4. The van der Waals surface area contributed by atoms with Gasteiger partial charge in [-0.05, 0) is 42.7 Å². The van der Waals surface area contributed by atoms with Gasteiger partial charge in [-0.1, -0.05) is 60.7 Å². The first-order valence-corrected chi connectivity index (χ1v) is 10.4. The number of methoxy groups -OCH3 is 1. The second-order valence-electron chi connectivity index (χ2n) is 7.28. The summed E-state index contributed by atoms with van der Waals surface area (Å²) in [5.74, 6) is 0.489. The van der Waals surface area contributed by atoms with E-state index in [2.05, 4.69) is 6.58 Å². The molecule has 0 amide bonds. The number of carbonyl (C=O) groups is 1. The lowest BCUT2D eigenvalue weighted by Gasteiger charge is -2.15. The zero-order chi connectivity index (χ0) is 22.3. The van der Waals surface area contributed by atoms with Crippen LogP contribution in [0.15, 0.2) is 78.9 Å². The smallest absolute Gasteiger partial charge is 0.310 e. The Labute approximate surface area is 185 Å². The molecule has 0 aromatic heterocycles. The van der Waals surface area contributed by atoms with Crippen LogP contribution in [-0.2, 0) is 32.2 Å². The molecule has 0 spiro atoms. The quantitative estimate of drug-likeness (QED) is 0.235. The van der Waals surface area contributed by atoms with Gasteiger partial charge in [-0.3, -0.25) is 4.79 Å². The molecule has 2 aromatic rings. The minimum atomic E-state index is -0.459. The number of ether oxygens (including phenoxy) is 4. The first-order chi connectivity index (χ1) is 15.1. The predicted molar refractivity (Wildman–Crippen MR) is 122 cm³/mol. The van der Waals surface area contributed by atoms with Crippen molar-refractivity contribution in [2.45, 2.75) is 39.1 Å². The lowest BCUT2D eigenvalue weighted by molar-refractivity contribution is -0.148. The second kappa shape index (κ2) is 14.2. The molecule has 5 nitrogen and oxygen atoms in total. The standard InChI is InChI=1S/C26H32O5/c1-21(2)17-26(27)31-25(20-30-19-23-12-14-24(28-3)15-13-23)11-7-8-16-29-18-22-9-5-4-6-10-22/h4-7,9-15,25H,1,8,16-20H2,2-3H3/b11-7+. The number of hydrogen-bond acceptors (Lipinski definition) is 5. The highest BCUT2D eigenvalue weighted by molar-refractivity contribution is 5.72. The van der Waals surface area contributed by atoms with Gasteiger partial charge in [0.1, 0.15) is 11.9 Å². The van der Waals surface area contributed by atoms with Crippen molar-refractivity contribution in [3.05, 3.63) is 90.0 Å². The minimum Gasteiger partial charge on any atom is -0.497 e. The van der Waals surface area contributed by atoms with E-state index in [0.717, 1.165) is 28.9 Å². The van der Waals surface area contributed by atoms with Gasteiger partial charge in [-0.25, -0.2) is 0 Å². The molecule has 0 N–H and O–H groups in total. The summed E-state index contributed by atoms with van der Waals surface area (Å²) >= 11 is 0. The molecule has 0 heterocycles. The highest BCUT2D eigenvalue weighted by Gasteiger charge is 2.12. The molecule has 2 rings (SSSR count).